The van der Waals surface area contributed by atoms with Crippen molar-refractivity contribution in [1.82, 2.24) is 4.37 Å². The van der Waals surface area contributed by atoms with Gasteiger partial charge < -0.3 is 15.8 Å². The highest BCUT2D eigenvalue weighted by atomic mass is 32.1. The Hall–Kier alpha value is -2.08. The highest BCUT2D eigenvalue weighted by Gasteiger charge is 2.21. The lowest BCUT2D eigenvalue weighted by Crippen LogP contribution is -2.11. The van der Waals surface area contributed by atoms with Gasteiger partial charge in [-0.3, -0.25) is 0 Å². The predicted molar refractivity (Wildman–Crippen MR) is 76.3 cm³/mol. The molecule has 0 aliphatic heterocycles. The average Bonchev–Trinajstić information content (AvgIpc) is 2.80. The molecule has 0 bridgehead atoms. The van der Waals surface area contributed by atoms with Crippen LogP contribution in [-0.2, 0) is 4.74 Å². The van der Waals surface area contributed by atoms with Crippen molar-refractivity contribution in [3.8, 4) is 0 Å². The number of nitrogen functional groups attached to an aromatic ring is 1. The summed E-state index contributed by atoms with van der Waals surface area (Å²) in [4.78, 5) is 11.7. The maximum Gasteiger partial charge on any atom is 0.344 e. The fourth-order valence-corrected chi connectivity index (χ4v) is 2.51. The topological polar surface area (TPSA) is 77.2 Å². The third-order valence-corrected chi connectivity index (χ3v) is 3.55. The van der Waals surface area contributed by atoms with Crippen LogP contribution in [0.4, 0.5) is 10.8 Å². The Kier molecular flexibility index (Phi) is 4.01. The number of nitrogens with zero attached hydrogens (tertiary/aromatic N) is 1. The first kappa shape index (κ1) is 13.4. The van der Waals surface area contributed by atoms with Gasteiger partial charge in [0, 0.05) is 6.04 Å². The van der Waals surface area contributed by atoms with Crippen LogP contribution in [0, 0.1) is 0 Å². The lowest BCUT2D eigenvalue weighted by Gasteiger charge is -2.14. The number of esters is 1. The number of benzene rings is 1. The molecule has 100 valence electrons. The average molecular weight is 277 g/mol. The SMILES string of the molecule is COC(=O)c1c(N)nsc1NC(C)c1ccccc1. The molecule has 0 saturated carbocycles. The number of hydrogen-bond donors (Lipinski definition) is 2. The van der Waals surface area contributed by atoms with E-state index in [0.29, 0.717) is 10.6 Å². The van der Waals surface area contributed by atoms with Crippen LogP contribution in [-0.4, -0.2) is 17.5 Å². The molecule has 2 rings (SSSR count). The number of carbonyl (C=O) groups excluding carboxylic acids is 1. The van der Waals surface area contributed by atoms with Crippen LogP contribution >= 0.6 is 11.5 Å². The molecule has 0 amide bonds. The van der Waals surface area contributed by atoms with Gasteiger partial charge in [-0.05, 0) is 24.0 Å². The van der Waals surface area contributed by atoms with Crippen LogP contribution < -0.4 is 11.1 Å². The van der Waals surface area contributed by atoms with Crippen molar-refractivity contribution in [2.24, 2.45) is 0 Å². The van der Waals surface area contributed by atoms with Crippen LogP contribution in [0.1, 0.15) is 28.9 Å². The molecule has 0 fully saturated rings. The summed E-state index contributed by atoms with van der Waals surface area (Å²) in [5, 5.41) is 3.86. The Balaban J connectivity index is 2.22. The van der Waals surface area contributed by atoms with Gasteiger partial charge in [0.15, 0.2) is 5.82 Å². The second-order valence-corrected chi connectivity index (χ2v) is 4.81. The van der Waals surface area contributed by atoms with Gasteiger partial charge in [-0.25, -0.2) is 4.79 Å². The van der Waals surface area contributed by atoms with E-state index in [1.807, 2.05) is 37.3 Å². The van der Waals surface area contributed by atoms with Crippen LogP contribution in [0.25, 0.3) is 0 Å². The normalized spacial score (nSPS) is 11.9. The van der Waals surface area contributed by atoms with Gasteiger partial charge >= 0.3 is 5.97 Å². The number of nitrogens with two attached hydrogens (primary N) is 1. The number of carbonyl (C=O) groups is 1. The molecule has 5 nitrogen and oxygen atoms in total. The van der Waals surface area contributed by atoms with Crippen LogP contribution in [0.5, 0.6) is 0 Å². The Labute approximate surface area is 115 Å². The van der Waals surface area contributed by atoms with E-state index < -0.39 is 5.97 Å². The van der Waals surface area contributed by atoms with Crippen molar-refractivity contribution in [1.29, 1.82) is 0 Å². The zero-order valence-electron chi connectivity index (χ0n) is 10.7. The molecular weight excluding hydrogens is 262 g/mol. The maximum atomic E-state index is 11.7. The van der Waals surface area contributed by atoms with Gasteiger partial charge in [-0.1, -0.05) is 30.3 Å². The largest absolute Gasteiger partial charge is 0.465 e. The maximum absolute atomic E-state index is 11.7. The Morgan fingerprint density at radius 2 is 2.11 bits per heavy atom. The molecule has 0 spiro atoms. The zero-order chi connectivity index (χ0) is 13.8. The van der Waals surface area contributed by atoms with Gasteiger partial charge in [0.25, 0.3) is 0 Å². The number of hydrogen-bond acceptors (Lipinski definition) is 6. The summed E-state index contributed by atoms with van der Waals surface area (Å²) in [7, 11) is 1.32. The quantitative estimate of drug-likeness (QED) is 0.840. The van der Waals surface area contributed by atoms with E-state index in [1.165, 1.54) is 7.11 Å². The number of methoxy groups -OCH3 is 1. The molecule has 0 radical (unpaired) electrons. The van der Waals surface area contributed by atoms with Gasteiger partial charge in [-0.15, -0.1) is 0 Å². The Morgan fingerprint density at radius 3 is 2.74 bits per heavy atom. The van der Waals surface area contributed by atoms with Gasteiger partial charge in [-0.2, -0.15) is 4.37 Å². The third kappa shape index (κ3) is 2.85. The highest BCUT2D eigenvalue weighted by Crippen LogP contribution is 2.30. The smallest absolute Gasteiger partial charge is 0.344 e. The molecule has 0 aliphatic carbocycles. The lowest BCUT2D eigenvalue weighted by atomic mass is 10.1. The lowest BCUT2D eigenvalue weighted by molar-refractivity contribution is 0.0603. The van der Waals surface area contributed by atoms with Crippen molar-refractivity contribution in [3.05, 3.63) is 41.5 Å². The minimum Gasteiger partial charge on any atom is -0.465 e. The van der Waals surface area contributed by atoms with E-state index in [1.54, 1.807) is 0 Å². The first-order chi connectivity index (χ1) is 9.13. The molecule has 0 aliphatic rings. The molecule has 6 heteroatoms. The summed E-state index contributed by atoms with van der Waals surface area (Å²) < 4.78 is 8.70. The molecule has 2 aromatic rings. The zero-order valence-corrected chi connectivity index (χ0v) is 11.5. The summed E-state index contributed by atoms with van der Waals surface area (Å²) in [6, 6.07) is 9.97. The molecule has 0 saturated heterocycles. The Morgan fingerprint density at radius 1 is 1.42 bits per heavy atom. The van der Waals surface area contributed by atoms with Crippen LogP contribution in [0.2, 0.25) is 0 Å². The van der Waals surface area contributed by atoms with E-state index >= 15 is 0 Å². The minimum atomic E-state index is -0.478. The van der Waals surface area contributed by atoms with Crippen LogP contribution in [0.3, 0.4) is 0 Å². The summed E-state index contributed by atoms with van der Waals surface area (Å²) in [6.45, 7) is 2.01. The van der Waals surface area contributed by atoms with E-state index in [2.05, 4.69) is 9.69 Å². The molecule has 1 atom stereocenters. The first-order valence-electron chi connectivity index (χ1n) is 5.78. The molecule has 1 aromatic heterocycles. The molecule has 1 unspecified atom stereocenters. The van der Waals surface area contributed by atoms with Crippen molar-refractivity contribution in [3.63, 3.8) is 0 Å². The van der Waals surface area contributed by atoms with Crippen LogP contribution in [0.15, 0.2) is 30.3 Å². The van der Waals surface area contributed by atoms with Gasteiger partial charge in [0.2, 0.25) is 0 Å². The molecule has 3 N–H and O–H groups in total. The summed E-state index contributed by atoms with van der Waals surface area (Å²) >= 11 is 1.16. The Bertz CT molecular complexity index is 569. The fraction of sp³-hybridized carbons (Fsp3) is 0.231. The summed E-state index contributed by atoms with van der Waals surface area (Å²) in [5.41, 5.74) is 7.11. The fourth-order valence-electron chi connectivity index (χ4n) is 1.72. The van der Waals surface area contributed by atoms with Crippen molar-refractivity contribution in [2.75, 3.05) is 18.2 Å². The second kappa shape index (κ2) is 5.71. The highest BCUT2D eigenvalue weighted by molar-refractivity contribution is 7.11. The number of anilines is 2. The molecule has 1 aromatic carbocycles. The van der Waals surface area contributed by atoms with Gasteiger partial charge in [0.1, 0.15) is 10.6 Å². The van der Waals surface area contributed by atoms with Crippen molar-refractivity contribution >= 4 is 28.3 Å². The third-order valence-electron chi connectivity index (χ3n) is 2.76. The molecule has 1 heterocycles. The number of nitrogens with one attached hydrogen (secondary N) is 1. The monoisotopic (exact) mass is 277 g/mol. The summed E-state index contributed by atoms with van der Waals surface area (Å²) in [5.74, 6) is -0.284. The van der Waals surface area contributed by atoms with E-state index in [-0.39, 0.29) is 11.9 Å². The number of aromatic nitrogens is 1. The molecular formula is C13H15N3O2S. The van der Waals surface area contributed by atoms with Crippen molar-refractivity contribution in [2.45, 2.75) is 13.0 Å². The van der Waals surface area contributed by atoms with E-state index in [0.717, 1.165) is 17.1 Å². The predicted octanol–water partition coefficient (Wildman–Crippen LogP) is 2.69. The summed E-state index contributed by atoms with van der Waals surface area (Å²) in [6.07, 6.45) is 0. The second-order valence-electron chi connectivity index (χ2n) is 4.04. The van der Waals surface area contributed by atoms with E-state index in [9.17, 15) is 4.79 Å². The number of rotatable bonds is 4. The van der Waals surface area contributed by atoms with E-state index in [4.69, 9.17) is 10.5 Å². The van der Waals surface area contributed by atoms with Crippen molar-refractivity contribution < 1.29 is 9.53 Å². The van der Waals surface area contributed by atoms with Gasteiger partial charge in [0.05, 0.1) is 7.11 Å². The molecule has 19 heavy (non-hydrogen) atoms. The standard InChI is InChI=1S/C13H15N3O2S/c1-8(9-6-4-3-5-7-9)15-12-10(13(17)18-2)11(14)16-19-12/h3-8,15H,1-2H3,(H2,14,16). The minimum absolute atomic E-state index is 0.0458. The number of ether oxygens (including phenoxy) is 1. The first-order valence-corrected chi connectivity index (χ1v) is 6.55.